The van der Waals surface area contributed by atoms with Gasteiger partial charge in [-0.25, -0.2) is 0 Å². The molecule has 146 valence electrons. The zero-order valence-electron chi connectivity index (χ0n) is 19.4. The van der Waals surface area contributed by atoms with E-state index < -0.39 is 83.1 Å². The highest BCUT2D eigenvalue weighted by Crippen LogP contribution is 2.30. The summed E-state index contributed by atoms with van der Waals surface area (Å²) in [6.07, 6.45) is -6.95. The molecule has 1 saturated heterocycles. The number of alkyl halides is 1. The third kappa shape index (κ3) is 4.68. The minimum atomic E-state index is -2.17. The number of hydrogen-bond acceptors (Lipinski definition) is 7. The molecule has 2 heterocycles. The van der Waals surface area contributed by atoms with Crippen molar-refractivity contribution < 1.29 is 31.7 Å². The molecular formula is C17H25ClN2O5S. The second-order valence-electron chi connectivity index (χ2n) is 5.80. The van der Waals surface area contributed by atoms with Gasteiger partial charge in [0.15, 0.2) is 0 Å². The molecule has 26 heavy (non-hydrogen) atoms. The van der Waals surface area contributed by atoms with Crippen LogP contribution in [0, 0.1) is 0 Å². The number of amides is 1. The van der Waals surface area contributed by atoms with E-state index in [4.69, 9.17) is 23.2 Å². The molecule has 0 unspecified atom stereocenters. The topological polar surface area (TPSA) is 112 Å². The van der Waals surface area contributed by atoms with Crippen LogP contribution in [0.15, 0.2) is 18.3 Å². The molecule has 9 heteroatoms. The molecule has 0 aliphatic carbocycles. The number of aromatic nitrogens is 1. The number of nitrogens with zero attached hydrogens (tertiary/aromatic N) is 1. The second-order valence-corrected chi connectivity index (χ2v) is 7.42. The molecule has 2 rings (SSSR count). The van der Waals surface area contributed by atoms with Crippen LogP contribution in [0.5, 0.6) is 0 Å². The molecule has 0 aromatic carbocycles. The number of carbonyl (C=O) groups is 1. The van der Waals surface area contributed by atoms with Gasteiger partial charge < -0.3 is 25.4 Å². The maximum absolute atomic E-state index is 12.9. The van der Waals surface area contributed by atoms with Crippen LogP contribution < -0.4 is 5.32 Å². The second kappa shape index (κ2) is 9.34. The summed E-state index contributed by atoms with van der Waals surface area (Å²) in [6.45, 7) is 2.60. The minimum absolute atomic E-state index is 0.455. The van der Waals surface area contributed by atoms with Crippen molar-refractivity contribution in [2.75, 3.05) is 6.26 Å². The molecule has 4 N–H and O–H groups in total. The summed E-state index contributed by atoms with van der Waals surface area (Å²) >= 11 is 7.29. The van der Waals surface area contributed by atoms with Crippen molar-refractivity contribution in [1.82, 2.24) is 10.3 Å². The summed E-state index contributed by atoms with van der Waals surface area (Å²) < 4.78 is 45.1. The molecule has 1 amide bonds. The number of halogens is 1. The Morgan fingerprint density at radius 1 is 1.50 bits per heavy atom. The first-order valence-corrected chi connectivity index (χ1v) is 9.60. The van der Waals surface area contributed by atoms with Crippen LogP contribution in [-0.2, 0) is 11.1 Å². The van der Waals surface area contributed by atoms with E-state index >= 15 is 0 Å². The highest BCUT2D eigenvalue weighted by atomic mass is 35.5. The van der Waals surface area contributed by atoms with Gasteiger partial charge in [0.05, 0.1) is 15.5 Å². The number of pyridine rings is 1. The fourth-order valence-electron chi connectivity index (χ4n) is 2.59. The lowest BCUT2D eigenvalue weighted by Crippen LogP contribution is -2.64. The lowest BCUT2D eigenvalue weighted by Gasteiger charge is -2.43. The Morgan fingerprint density at radius 3 is 2.77 bits per heavy atom. The zero-order chi connectivity index (χ0) is 23.8. The number of thioether (sulfide) groups is 1. The van der Waals surface area contributed by atoms with Gasteiger partial charge in [-0.1, -0.05) is 6.92 Å². The Labute approximate surface area is 169 Å². The number of hydrogen-bond donors (Lipinski definition) is 4. The molecule has 7 atom stereocenters. The average Bonchev–Trinajstić information content (AvgIpc) is 2.66. The van der Waals surface area contributed by atoms with E-state index in [9.17, 15) is 20.1 Å². The van der Waals surface area contributed by atoms with E-state index in [0.29, 0.717) is 0 Å². The monoisotopic (exact) mass is 409 g/mol. The lowest BCUT2D eigenvalue weighted by molar-refractivity contribution is -0.204. The smallest absolute Gasteiger partial charge is 0.270 e. The SMILES string of the molecule is [2H]c1nc(C(=O)N[C@@H]([C@H]2O[C@H](SC)[C@H](O)[C@@H](O)[C@H]2O)[C@@H](C)Cl)c([2H])c(C([2H])([2H])C)c1[2H]. The first-order chi connectivity index (χ1) is 14.2. The molecule has 0 bridgehead atoms. The van der Waals surface area contributed by atoms with Gasteiger partial charge in [0.25, 0.3) is 5.91 Å². The van der Waals surface area contributed by atoms with Gasteiger partial charge in [0.2, 0.25) is 0 Å². The van der Waals surface area contributed by atoms with Gasteiger partial charge in [-0.2, -0.15) is 0 Å². The van der Waals surface area contributed by atoms with Gasteiger partial charge in [-0.05, 0) is 37.2 Å². The van der Waals surface area contributed by atoms with Crippen molar-refractivity contribution in [3.05, 3.63) is 29.5 Å². The van der Waals surface area contributed by atoms with Crippen LogP contribution in [0.3, 0.4) is 0 Å². The summed E-state index contributed by atoms with van der Waals surface area (Å²) in [4.78, 5) is 16.5. The van der Waals surface area contributed by atoms with Crippen LogP contribution in [-0.4, -0.2) is 73.7 Å². The van der Waals surface area contributed by atoms with Crippen LogP contribution >= 0.6 is 23.4 Å². The summed E-state index contributed by atoms with van der Waals surface area (Å²) in [5.74, 6) is -0.987. The van der Waals surface area contributed by atoms with Crippen LogP contribution in [0.1, 0.15) is 36.8 Å². The highest BCUT2D eigenvalue weighted by Gasteiger charge is 2.47. The molecule has 7 nitrogen and oxygen atoms in total. The Balaban J connectivity index is 2.41. The molecule has 1 aliphatic heterocycles. The minimum Gasteiger partial charge on any atom is -0.388 e. The predicted molar refractivity (Wildman–Crippen MR) is 100 cm³/mol. The van der Waals surface area contributed by atoms with Gasteiger partial charge in [-0.3, -0.25) is 9.78 Å². The predicted octanol–water partition coefficient (Wildman–Crippen LogP) is 0.540. The van der Waals surface area contributed by atoms with Gasteiger partial charge >= 0.3 is 0 Å². The fourth-order valence-corrected chi connectivity index (χ4v) is 3.48. The number of aliphatic hydroxyl groups is 3. The Morgan fingerprint density at radius 2 is 2.19 bits per heavy atom. The van der Waals surface area contributed by atoms with E-state index in [2.05, 4.69) is 10.3 Å². The molecule has 1 aliphatic rings. The van der Waals surface area contributed by atoms with Gasteiger partial charge in [0, 0.05) is 8.91 Å². The van der Waals surface area contributed by atoms with E-state index in [0.717, 1.165) is 18.7 Å². The standard InChI is InChI=1S/C17H25ClN2O5S/c1-4-9-5-6-19-10(7-9)16(24)20-11(8(2)18)15-13(22)12(21)14(23)17(25-15)26-3/h5-8,11-15,17,21-23H,4H2,1-3H3,(H,20,24)/t8-,11-,12+,13-,14-,15-,17-/m1/s1/i4D2,5D,6D,7D. The molecule has 1 fully saturated rings. The van der Waals surface area contributed by atoms with E-state index in [1.54, 1.807) is 6.26 Å². The van der Waals surface area contributed by atoms with Crippen LogP contribution in [0.25, 0.3) is 0 Å². The normalized spacial score (nSPS) is 34.6. The van der Waals surface area contributed by atoms with Gasteiger partial charge in [0.1, 0.15) is 35.5 Å². The fraction of sp³-hybridized carbons (Fsp3) is 0.647. The van der Waals surface area contributed by atoms with Crippen LogP contribution in [0.4, 0.5) is 0 Å². The summed E-state index contributed by atoms with van der Waals surface area (Å²) in [7, 11) is 0. The summed E-state index contributed by atoms with van der Waals surface area (Å²) in [6, 6.07) is -2.34. The zero-order valence-corrected chi connectivity index (χ0v) is 16.0. The van der Waals surface area contributed by atoms with Crippen LogP contribution in [0.2, 0.25) is 0 Å². The number of aliphatic hydroxyl groups excluding tert-OH is 3. The third-order valence-corrected chi connectivity index (χ3v) is 5.17. The van der Waals surface area contributed by atoms with Crippen molar-refractivity contribution in [1.29, 1.82) is 0 Å². The highest BCUT2D eigenvalue weighted by molar-refractivity contribution is 7.99. The number of carbonyl (C=O) groups excluding carboxylic acids is 1. The Bertz CT molecular complexity index is 829. The Kier molecular flexibility index (Phi) is 5.42. The molecule has 1 aromatic rings. The quantitative estimate of drug-likeness (QED) is 0.507. The molecule has 0 spiro atoms. The largest absolute Gasteiger partial charge is 0.388 e. The summed E-state index contributed by atoms with van der Waals surface area (Å²) in [5.41, 5.74) is -1.94. The average molecular weight is 410 g/mol. The summed E-state index contributed by atoms with van der Waals surface area (Å²) in [5, 5.41) is 32.2. The van der Waals surface area contributed by atoms with E-state index in [1.807, 2.05) is 0 Å². The lowest BCUT2D eigenvalue weighted by atomic mass is 9.93. The van der Waals surface area contributed by atoms with E-state index in [-0.39, 0.29) is 0 Å². The van der Waals surface area contributed by atoms with E-state index in [1.165, 1.54) is 6.92 Å². The maximum Gasteiger partial charge on any atom is 0.270 e. The van der Waals surface area contributed by atoms with Crippen molar-refractivity contribution in [3.8, 4) is 0 Å². The first-order valence-electron chi connectivity index (χ1n) is 10.4. The van der Waals surface area contributed by atoms with Crippen molar-refractivity contribution in [2.24, 2.45) is 0 Å². The van der Waals surface area contributed by atoms with Crippen molar-refractivity contribution >= 4 is 29.3 Å². The van der Waals surface area contributed by atoms with Gasteiger partial charge in [-0.15, -0.1) is 23.4 Å². The molecule has 0 saturated carbocycles. The van der Waals surface area contributed by atoms with Crippen molar-refractivity contribution in [2.45, 2.75) is 61.5 Å². The number of nitrogens with one attached hydrogen (secondary N) is 1. The molecular weight excluding hydrogens is 380 g/mol. The van der Waals surface area contributed by atoms with Crippen molar-refractivity contribution in [3.63, 3.8) is 0 Å². The Hall–Kier alpha value is -0.900. The first kappa shape index (κ1) is 15.1. The third-order valence-electron chi connectivity index (χ3n) is 4.04. The molecule has 1 aromatic heterocycles. The number of rotatable bonds is 6. The number of ether oxygens (including phenoxy) is 1. The molecule has 0 radical (unpaired) electrons. The maximum atomic E-state index is 12.9.